The molecule has 1 heterocycles. The summed E-state index contributed by atoms with van der Waals surface area (Å²) in [7, 11) is 0. The highest BCUT2D eigenvalue weighted by atomic mass is 16.4. The van der Waals surface area contributed by atoms with Gasteiger partial charge in [0.2, 0.25) is 0 Å². The van der Waals surface area contributed by atoms with Gasteiger partial charge in [-0.3, -0.25) is 4.98 Å². The average molecular weight is 152 g/mol. The summed E-state index contributed by atoms with van der Waals surface area (Å²) in [6.07, 6.45) is 3.51. The van der Waals surface area contributed by atoms with Crippen molar-refractivity contribution in [1.82, 2.24) is 9.97 Å². The molecule has 0 radical (unpaired) electrons. The molecule has 0 saturated heterocycles. The number of hydrogen-bond donors (Lipinski definition) is 1. The minimum Gasteiger partial charge on any atom is -0.476 e. The van der Waals surface area contributed by atoms with Crippen molar-refractivity contribution in [2.75, 3.05) is 0 Å². The quantitative estimate of drug-likeness (QED) is 0.678. The summed E-state index contributed by atoms with van der Waals surface area (Å²) in [5.74, 6) is -1.04. The lowest BCUT2D eigenvalue weighted by Crippen LogP contribution is -2.01. The molecule has 0 unspecified atom stereocenters. The Hall–Kier alpha value is -1.45. The van der Waals surface area contributed by atoms with Gasteiger partial charge in [0, 0.05) is 6.20 Å². The Bertz CT molecular complexity index is 256. The number of carbonyl (C=O) groups is 1. The van der Waals surface area contributed by atoms with Crippen LogP contribution in [0.5, 0.6) is 0 Å². The SMILES string of the molecule is CCc1cnc(C(=O)O)cn1. The zero-order chi connectivity index (χ0) is 8.27. The molecule has 0 aliphatic carbocycles. The lowest BCUT2D eigenvalue weighted by molar-refractivity contribution is 0.0690. The van der Waals surface area contributed by atoms with Crippen LogP contribution in [-0.4, -0.2) is 21.0 Å². The van der Waals surface area contributed by atoms with E-state index in [1.165, 1.54) is 12.4 Å². The van der Waals surface area contributed by atoms with Crippen molar-refractivity contribution in [2.24, 2.45) is 0 Å². The smallest absolute Gasteiger partial charge is 0.356 e. The Kier molecular flexibility index (Phi) is 2.15. The van der Waals surface area contributed by atoms with Crippen molar-refractivity contribution in [3.63, 3.8) is 0 Å². The monoisotopic (exact) mass is 152 g/mol. The third-order valence-corrected chi connectivity index (χ3v) is 1.29. The number of rotatable bonds is 2. The molecule has 58 valence electrons. The van der Waals surface area contributed by atoms with Gasteiger partial charge in [-0.15, -0.1) is 0 Å². The summed E-state index contributed by atoms with van der Waals surface area (Å²) in [6, 6.07) is 0. The van der Waals surface area contributed by atoms with Crippen LogP contribution >= 0.6 is 0 Å². The first kappa shape index (κ1) is 7.65. The van der Waals surface area contributed by atoms with Gasteiger partial charge < -0.3 is 5.11 Å². The molecule has 0 spiro atoms. The Morgan fingerprint density at radius 1 is 1.55 bits per heavy atom. The zero-order valence-electron chi connectivity index (χ0n) is 6.11. The van der Waals surface area contributed by atoms with Gasteiger partial charge >= 0.3 is 5.97 Å². The van der Waals surface area contributed by atoms with Gasteiger partial charge in [0.15, 0.2) is 5.69 Å². The fourth-order valence-electron chi connectivity index (χ4n) is 0.648. The maximum atomic E-state index is 10.3. The Balaban J connectivity index is 2.91. The minimum absolute atomic E-state index is 0.0119. The first-order chi connectivity index (χ1) is 5.24. The van der Waals surface area contributed by atoms with Crippen molar-refractivity contribution in [1.29, 1.82) is 0 Å². The van der Waals surface area contributed by atoms with Crippen molar-refractivity contribution >= 4 is 5.97 Å². The van der Waals surface area contributed by atoms with Crippen LogP contribution in [0, 0.1) is 0 Å². The van der Waals surface area contributed by atoms with Gasteiger partial charge in [-0.1, -0.05) is 6.92 Å². The van der Waals surface area contributed by atoms with Crippen molar-refractivity contribution < 1.29 is 9.90 Å². The maximum Gasteiger partial charge on any atom is 0.356 e. The van der Waals surface area contributed by atoms with Crippen LogP contribution < -0.4 is 0 Å². The zero-order valence-corrected chi connectivity index (χ0v) is 6.11. The van der Waals surface area contributed by atoms with Crippen LogP contribution in [0.3, 0.4) is 0 Å². The van der Waals surface area contributed by atoms with E-state index in [4.69, 9.17) is 5.11 Å². The summed E-state index contributed by atoms with van der Waals surface area (Å²) in [6.45, 7) is 1.93. The first-order valence-corrected chi connectivity index (χ1v) is 3.28. The van der Waals surface area contributed by atoms with Gasteiger partial charge in [-0.2, -0.15) is 0 Å². The topological polar surface area (TPSA) is 63.1 Å². The molecule has 0 saturated carbocycles. The molecule has 1 aromatic rings. The van der Waals surface area contributed by atoms with Crippen LogP contribution in [-0.2, 0) is 6.42 Å². The maximum absolute atomic E-state index is 10.3. The van der Waals surface area contributed by atoms with E-state index < -0.39 is 5.97 Å². The molecule has 0 atom stereocenters. The van der Waals surface area contributed by atoms with Crippen LogP contribution in [0.15, 0.2) is 12.4 Å². The lowest BCUT2D eigenvalue weighted by Gasteiger charge is -1.94. The van der Waals surface area contributed by atoms with Gasteiger partial charge in [-0.05, 0) is 6.42 Å². The highest BCUT2D eigenvalue weighted by Gasteiger charge is 2.02. The predicted octanol–water partition coefficient (Wildman–Crippen LogP) is 0.737. The normalized spacial score (nSPS) is 9.55. The fourth-order valence-corrected chi connectivity index (χ4v) is 0.648. The molecular weight excluding hydrogens is 144 g/mol. The van der Waals surface area contributed by atoms with E-state index in [-0.39, 0.29) is 5.69 Å². The van der Waals surface area contributed by atoms with Crippen molar-refractivity contribution in [3.8, 4) is 0 Å². The van der Waals surface area contributed by atoms with Gasteiger partial charge in [-0.25, -0.2) is 9.78 Å². The summed E-state index contributed by atoms with van der Waals surface area (Å²) < 4.78 is 0. The predicted molar refractivity (Wildman–Crippen MR) is 38.4 cm³/mol. The molecule has 0 bridgehead atoms. The molecule has 1 rings (SSSR count). The van der Waals surface area contributed by atoms with E-state index in [0.29, 0.717) is 0 Å². The van der Waals surface area contributed by atoms with E-state index in [1.807, 2.05) is 6.92 Å². The van der Waals surface area contributed by atoms with E-state index in [9.17, 15) is 4.79 Å². The molecule has 0 aromatic carbocycles. The molecule has 1 aromatic heterocycles. The number of aromatic carboxylic acids is 1. The third-order valence-electron chi connectivity index (χ3n) is 1.29. The van der Waals surface area contributed by atoms with Crippen LogP contribution in [0.25, 0.3) is 0 Å². The number of hydrogen-bond acceptors (Lipinski definition) is 3. The molecule has 4 nitrogen and oxygen atoms in total. The molecular formula is C7H8N2O2. The Morgan fingerprint density at radius 2 is 2.27 bits per heavy atom. The summed E-state index contributed by atoms with van der Waals surface area (Å²) in [5.41, 5.74) is 0.789. The Morgan fingerprint density at radius 3 is 2.64 bits per heavy atom. The second kappa shape index (κ2) is 3.09. The van der Waals surface area contributed by atoms with E-state index in [1.54, 1.807) is 0 Å². The number of carboxylic acid groups (broad SMARTS) is 1. The van der Waals surface area contributed by atoms with Crippen LogP contribution in [0.2, 0.25) is 0 Å². The summed E-state index contributed by atoms with van der Waals surface area (Å²) in [4.78, 5) is 17.9. The number of aromatic nitrogens is 2. The number of nitrogens with zero attached hydrogens (tertiary/aromatic N) is 2. The first-order valence-electron chi connectivity index (χ1n) is 3.28. The largest absolute Gasteiger partial charge is 0.476 e. The van der Waals surface area contributed by atoms with E-state index in [0.717, 1.165) is 12.1 Å². The lowest BCUT2D eigenvalue weighted by atomic mass is 10.3. The van der Waals surface area contributed by atoms with Crippen molar-refractivity contribution in [3.05, 3.63) is 23.8 Å². The summed E-state index contributed by atoms with van der Waals surface area (Å²) >= 11 is 0. The molecule has 0 amide bonds. The van der Waals surface area contributed by atoms with Crippen LogP contribution in [0.1, 0.15) is 23.1 Å². The number of carboxylic acids is 1. The average Bonchev–Trinajstić information content (AvgIpc) is 2.05. The highest BCUT2D eigenvalue weighted by molar-refractivity contribution is 5.84. The highest BCUT2D eigenvalue weighted by Crippen LogP contribution is 1.95. The minimum atomic E-state index is -1.04. The van der Waals surface area contributed by atoms with E-state index >= 15 is 0 Å². The second-order valence-corrected chi connectivity index (χ2v) is 2.05. The van der Waals surface area contributed by atoms with E-state index in [2.05, 4.69) is 9.97 Å². The fraction of sp³-hybridized carbons (Fsp3) is 0.286. The Labute approximate surface area is 63.9 Å². The van der Waals surface area contributed by atoms with Gasteiger partial charge in [0.25, 0.3) is 0 Å². The molecule has 0 aliphatic heterocycles. The van der Waals surface area contributed by atoms with Gasteiger partial charge in [0.1, 0.15) is 0 Å². The molecule has 4 heteroatoms. The van der Waals surface area contributed by atoms with Gasteiger partial charge in [0.05, 0.1) is 11.9 Å². The van der Waals surface area contributed by atoms with Crippen molar-refractivity contribution in [2.45, 2.75) is 13.3 Å². The molecule has 0 fully saturated rings. The molecule has 11 heavy (non-hydrogen) atoms. The molecule has 1 N–H and O–H groups in total. The van der Waals surface area contributed by atoms with Crippen LogP contribution in [0.4, 0.5) is 0 Å². The molecule has 0 aliphatic rings. The standard InChI is InChI=1S/C7H8N2O2/c1-2-5-3-9-6(4-8-5)7(10)11/h3-4H,2H2,1H3,(H,10,11). The second-order valence-electron chi connectivity index (χ2n) is 2.05. The summed E-state index contributed by atoms with van der Waals surface area (Å²) in [5, 5.41) is 8.45. The third kappa shape index (κ3) is 1.73. The number of aryl methyl sites for hydroxylation is 1.